The lowest BCUT2D eigenvalue weighted by Crippen LogP contribution is -2.81. The number of amides is 3. The molecule has 2 aromatic heterocycles. The van der Waals surface area contributed by atoms with E-state index < -0.39 is 6.03 Å². The molecule has 2 aromatic carbocycles. The van der Waals surface area contributed by atoms with Crippen molar-refractivity contribution in [1.29, 1.82) is 0 Å². The number of urea groups is 1. The van der Waals surface area contributed by atoms with Crippen LogP contribution in [0.4, 0.5) is 21.9 Å². The van der Waals surface area contributed by atoms with Crippen LogP contribution in [0.25, 0.3) is 5.69 Å². The number of anilines is 3. The summed E-state index contributed by atoms with van der Waals surface area (Å²) in [6.45, 7) is 2.09. The third-order valence-electron chi connectivity index (χ3n) is 5.71. The summed E-state index contributed by atoms with van der Waals surface area (Å²) in [5.41, 5.74) is 2.80. The number of carbonyl (C=O) groups excluding carboxylic acids is 2. The Morgan fingerprint density at radius 3 is 2.63 bits per heavy atom. The Kier molecular flexibility index (Phi) is 6.47. The van der Waals surface area contributed by atoms with E-state index in [0.717, 1.165) is 19.5 Å². The van der Waals surface area contributed by atoms with Crippen molar-refractivity contribution in [2.75, 3.05) is 29.0 Å². The summed E-state index contributed by atoms with van der Waals surface area (Å²) in [6.07, 6.45) is 7.78. The average Bonchev–Trinajstić information content (AvgIpc) is 3.63. The van der Waals surface area contributed by atoms with Crippen LogP contribution in [0.15, 0.2) is 73.3 Å². The fourth-order valence-corrected chi connectivity index (χ4v) is 4.13. The number of hydrogen-bond donors (Lipinski definition) is 4. The molecule has 0 spiro atoms. The summed E-state index contributed by atoms with van der Waals surface area (Å²) >= 11 is 6.08. The Labute approximate surface area is 206 Å². The topological polar surface area (TPSA) is 122 Å². The van der Waals surface area contributed by atoms with Crippen molar-refractivity contribution < 1.29 is 14.9 Å². The van der Waals surface area contributed by atoms with E-state index in [4.69, 9.17) is 11.6 Å². The van der Waals surface area contributed by atoms with Crippen LogP contribution < -0.4 is 21.3 Å². The highest BCUT2D eigenvalue weighted by atomic mass is 35.5. The lowest BCUT2D eigenvalue weighted by molar-refractivity contribution is -0.637. The van der Waals surface area contributed by atoms with Gasteiger partial charge < -0.3 is 21.3 Å². The van der Waals surface area contributed by atoms with E-state index in [9.17, 15) is 9.59 Å². The largest absolute Gasteiger partial charge is 0.344 e. The van der Waals surface area contributed by atoms with Gasteiger partial charge in [0.05, 0.1) is 59.5 Å². The second-order valence-electron chi connectivity index (χ2n) is 8.20. The molecule has 4 aromatic rings. The van der Waals surface area contributed by atoms with Crippen LogP contribution >= 0.6 is 11.6 Å². The molecule has 0 unspecified atom stereocenters. The Hall–Kier alpha value is -4.15. The predicted octanol–water partition coefficient (Wildman–Crippen LogP) is 3.13. The SMILES string of the molecule is O=C(Nc1cnn(-c2cccc(C(=O)Nc3cnn([C@H]4CC[NH2+]C4)c3)c2)c1)Nc1ccccc1Cl. The molecule has 0 saturated carbocycles. The maximum Gasteiger partial charge on any atom is 0.323 e. The summed E-state index contributed by atoms with van der Waals surface area (Å²) in [5.74, 6) is -0.242. The number of nitrogens with one attached hydrogen (secondary N) is 3. The van der Waals surface area contributed by atoms with E-state index in [-0.39, 0.29) is 5.91 Å². The number of benzene rings is 2. The minimum absolute atomic E-state index is 0.242. The number of nitrogens with zero attached hydrogens (tertiary/aromatic N) is 4. The van der Waals surface area contributed by atoms with Crippen LogP contribution in [0.1, 0.15) is 22.8 Å². The molecule has 1 saturated heterocycles. The number of aromatic nitrogens is 4. The van der Waals surface area contributed by atoms with Crippen LogP contribution in [0.2, 0.25) is 5.02 Å². The van der Waals surface area contributed by atoms with Crippen molar-refractivity contribution in [3.8, 4) is 5.69 Å². The summed E-state index contributed by atoms with van der Waals surface area (Å²) in [5, 5.41) is 19.7. The average molecular weight is 492 g/mol. The molecule has 1 atom stereocenters. The van der Waals surface area contributed by atoms with Crippen molar-refractivity contribution in [2.45, 2.75) is 12.5 Å². The first-order valence-electron chi connectivity index (χ1n) is 11.2. The highest BCUT2D eigenvalue weighted by Crippen LogP contribution is 2.21. The third kappa shape index (κ3) is 5.34. The zero-order chi connectivity index (χ0) is 24.2. The maximum absolute atomic E-state index is 12.8. The molecule has 11 heteroatoms. The van der Waals surface area contributed by atoms with E-state index in [0.29, 0.717) is 39.4 Å². The summed E-state index contributed by atoms with van der Waals surface area (Å²) in [7, 11) is 0. The maximum atomic E-state index is 12.8. The molecule has 1 fully saturated rings. The molecule has 1 aliphatic heterocycles. The quantitative estimate of drug-likeness (QED) is 0.331. The van der Waals surface area contributed by atoms with Gasteiger partial charge in [0.15, 0.2) is 0 Å². The van der Waals surface area contributed by atoms with Gasteiger partial charge in [0, 0.05) is 18.2 Å². The molecule has 0 bridgehead atoms. The smallest absolute Gasteiger partial charge is 0.323 e. The van der Waals surface area contributed by atoms with Gasteiger partial charge in [0.25, 0.3) is 5.91 Å². The summed E-state index contributed by atoms with van der Waals surface area (Å²) in [4.78, 5) is 25.1. The van der Waals surface area contributed by atoms with Crippen LogP contribution in [-0.2, 0) is 0 Å². The normalized spacial score (nSPS) is 15.1. The number of nitrogens with two attached hydrogens (primary N) is 1. The van der Waals surface area contributed by atoms with Crippen molar-refractivity contribution in [3.63, 3.8) is 0 Å². The third-order valence-corrected chi connectivity index (χ3v) is 6.04. The molecule has 5 rings (SSSR count). The lowest BCUT2D eigenvalue weighted by Gasteiger charge is -2.08. The van der Waals surface area contributed by atoms with E-state index in [1.165, 1.54) is 6.20 Å². The minimum Gasteiger partial charge on any atom is -0.344 e. The highest BCUT2D eigenvalue weighted by molar-refractivity contribution is 6.33. The van der Waals surface area contributed by atoms with Gasteiger partial charge >= 0.3 is 6.03 Å². The van der Waals surface area contributed by atoms with Gasteiger partial charge in [-0.05, 0) is 30.3 Å². The molecule has 0 radical (unpaired) electrons. The molecule has 3 heterocycles. The molecule has 5 N–H and O–H groups in total. The van der Waals surface area contributed by atoms with Crippen molar-refractivity contribution in [1.82, 2.24) is 19.6 Å². The van der Waals surface area contributed by atoms with Crippen LogP contribution in [0.3, 0.4) is 0 Å². The second kappa shape index (κ2) is 10.00. The van der Waals surface area contributed by atoms with E-state index in [1.54, 1.807) is 59.5 Å². The van der Waals surface area contributed by atoms with Gasteiger partial charge in [-0.1, -0.05) is 29.8 Å². The Bertz CT molecular complexity index is 1360. The number of rotatable bonds is 6. The summed E-state index contributed by atoms with van der Waals surface area (Å²) < 4.78 is 3.49. The molecular weight excluding hydrogens is 468 g/mol. The van der Waals surface area contributed by atoms with Gasteiger partial charge in [0.1, 0.15) is 6.04 Å². The molecule has 178 valence electrons. The molecule has 10 nitrogen and oxygen atoms in total. The lowest BCUT2D eigenvalue weighted by atomic mass is 10.2. The van der Waals surface area contributed by atoms with Gasteiger partial charge in [0.2, 0.25) is 0 Å². The van der Waals surface area contributed by atoms with Crippen LogP contribution in [0.5, 0.6) is 0 Å². The number of hydrogen-bond acceptors (Lipinski definition) is 4. The molecular formula is C24H24ClN8O2+. The zero-order valence-electron chi connectivity index (χ0n) is 18.7. The van der Waals surface area contributed by atoms with Crippen molar-refractivity contribution in [3.05, 3.63) is 83.9 Å². The van der Waals surface area contributed by atoms with Gasteiger partial charge in [-0.25, -0.2) is 9.48 Å². The molecule has 1 aliphatic rings. The first kappa shape index (κ1) is 22.6. The van der Waals surface area contributed by atoms with Crippen molar-refractivity contribution >= 4 is 40.6 Å². The van der Waals surface area contributed by atoms with E-state index in [2.05, 4.69) is 31.5 Å². The summed E-state index contributed by atoms with van der Waals surface area (Å²) in [6, 6.07) is 13.9. The first-order chi connectivity index (χ1) is 17.0. The second-order valence-corrected chi connectivity index (χ2v) is 8.61. The number of halogens is 1. The van der Waals surface area contributed by atoms with E-state index in [1.807, 2.05) is 16.9 Å². The number of carbonyl (C=O) groups is 2. The standard InChI is InChI=1S/C24H23ClN8O2/c25-21-6-1-2-7-22(21)31-24(35)30-18-12-27-32(15-18)19-5-3-4-16(10-19)23(34)29-17-11-28-33(14-17)20-8-9-26-13-20/h1-7,10-12,14-15,20,26H,8-9,13H2,(H,29,34)(H2,30,31,35)/p+1/t20-/m0/s1. The Morgan fingerprint density at radius 2 is 1.80 bits per heavy atom. The van der Waals surface area contributed by atoms with Crippen LogP contribution in [-0.4, -0.2) is 44.6 Å². The first-order valence-corrected chi connectivity index (χ1v) is 11.6. The van der Waals surface area contributed by atoms with Gasteiger partial charge in [-0.2, -0.15) is 10.2 Å². The number of para-hydroxylation sites is 1. The van der Waals surface area contributed by atoms with Gasteiger partial charge in [-0.3, -0.25) is 9.48 Å². The highest BCUT2D eigenvalue weighted by Gasteiger charge is 2.21. The fourth-order valence-electron chi connectivity index (χ4n) is 3.95. The Morgan fingerprint density at radius 1 is 0.971 bits per heavy atom. The van der Waals surface area contributed by atoms with E-state index >= 15 is 0 Å². The zero-order valence-corrected chi connectivity index (χ0v) is 19.4. The number of quaternary nitrogens is 1. The van der Waals surface area contributed by atoms with Crippen LogP contribution in [0, 0.1) is 0 Å². The molecule has 35 heavy (non-hydrogen) atoms. The minimum atomic E-state index is -0.443. The predicted molar refractivity (Wildman–Crippen MR) is 133 cm³/mol. The fraction of sp³-hybridized carbons (Fsp3) is 0.167. The molecule has 3 amide bonds. The van der Waals surface area contributed by atoms with Gasteiger partial charge in [-0.15, -0.1) is 0 Å². The monoisotopic (exact) mass is 491 g/mol. The Balaban J connectivity index is 1.23. The molecule has 0 aliphatic carbocycles. The van der Waals surface area contributed by atoms with Crippen molar-refractivity contribution in [2.24, 2.45) is 0 Å².